The van der Waals surface area contributed by atoms with E-state index in [4.69, 9.17) is 5.11 Å². The summed E-state index contributed by atoms with van der Waals surface area (Å²) in [6.07, 6.45) is -4.64. The van der Waals surface area contributed by atoms with Crippen molar-refractivity contribution in [1.82, 2.24) is 15.2 Å². The summed E-state index contributed by atoms with van der Waals surface area (Å²) in [6.45, 7) is 1.68. The van der Waals surface area contributed by atoms with E-state index in [1.807, 2.05) is 0 Å². The van der Waals surface area contributed by atoms with E-state index in [1.54, 1.807) is 6.92 Å². The Morgan fingerprint density at radius 3 is 2.55 bits per heavy atom. The lowest BCUT2D eigenvalue weighted by molar-refractivity contribution is -0.141. The quantitative estimate of drug-likeness (QED) is 0.936. The Kier molecular flexibility index (Phi) is 3.95. The van der Waals surface area contributed by atoms with Gasteiger partial charge in [-0.3, -0.25) is 0 Å². The van der Waals surface area contributed by atoms with Crippen molar-refractivity contribution in [3.63, 3.8) is 0 Å². The molecule has 2 aromatic rings. The zero-order valence-corrected chi connectivity index (χ0v) is 11.4. The number of carboxylic acid groups (broad SMARTS) is 1. The van der Waals surface area contributed by atoms with Gasteiger partial charge in [-0.25, -0.2) is 9.78 Å². The molecule has 0 saturated carbocycles. The van der Waals surface area contributed by atoms with Crippen LogP contribution in [0.1, 0.15) is 21.1 Å². The van der Waals surface area contributed by atoms with Gasteiger partial charge in [-0.1, -0.05) is 11.3 Å². The Morgan fingerprint density at radius 2 is 2.05 bits per heavy atom. The molecule has 5 nitrogen and oxygen atoms in total. The third-order valence-electron chi connectivity index (χ3n) is 2.07. The highest BCUT2D eigenvalue weighted by molar-refractivity contribution is 8.01. The minimum atomic E-state index is -4.64. The zero-order chi connectivity index (χ0) is 14.9. The normalized spacial score (nSPS) is 11.6. The molecule has 0 radical (unpaired) electrons. The number of hydrogen-bond donors (Lipinski definition) is 1. The lowest BCUT2D eigenvalue weighted by atomic mass is 10.2. The maximum Gasteiger partial charge on any atom is 0.433 e. The van der Waals surface area contributed by atoms with Gasteiger partial charge >= 0.3 is 12.1 Å². The van der Waals surface area contributed by atoms with Crippen molar-refractivity contribution in [3.05, 3.63) is 28.4 Å². The molecule has 0 bridgehead atoms. The second-order valence-corrected chi connectivity index (χ2v) is 5.96. The molecule has 2 heterocycles. The van der Waals surface area contributed by atoms with E-state index in [9.17, 15) is 18.0 Å². The van der Waals surface area contributed by atoms with E-state index in [1.165, 1.54) is 0 Å². The van der Waals surface area contributed by atoms with Gasteiger partial charge in [0.2, 0.25) is 0 Å². The van der Waals surface area contributed by atoms with Crippen LogP contribution >= 0.6 is 23.1 Å². The maximum absolute atomic E-state index is 12.6. The summed E-state index contributed by atoms with van der Waals surface area (Å²) < 4.78 is 38.1. The Hall–Kier alpha value is -1.68. The van der Waals surface area contributed by atoms with Gasteiger partial charge in [-0.2, -0.15) is 13.2 Å². The Balaban J connectivity index is 2.44. The summed E-state index contributed by atoms with van der Waals surface area (Å²) in [7, 11) is 0. The van der Waals surface area contributed by atoms with E-state index >= 15 is 0 Å². The lowest BCUT2D eigenvalue weighted by Gasteiger charge is -2.08. The van der Waals surface area contributed by atoms with Crippen molar-refractivity contribution >= 4 is 29.1 Å². The van der Waals surface area contributed by atoms with Crippen LogP contribution in [0.5, 0.6) is 0 Å². The first kappa shape index (κ1) is 14.7. The molecule has 0 unspecified atom stereocenters. The average molecular weight is 321 g/mol. The predicted octanol–water partition coefficient (Wildman–Crippen LogP) is 3.11. The molecule has 10 heteroatoms. The van der Waals surface area contributed by atoms with Crippen LogP contribution in [0.3, 0.4) is 0 Å². The van der Waals surface area contributed by atoms with E-state index in [0.29, 0.717) is 15.4 Å². The highest BCUT2D eigenvalue weighted by Crippen LogP contribution is 2.34. The number of hydrogen-bond acceptors (Lipinski definition) is 6. The summed E-state index contributed by atoms with van der Waals surface area (Å²) in [4.78, 5) is 14.4. The van der Waals surface area contributed by atoms with Gasteiger partial charge in [0.25, 0.3) is 0 Å². The fraction of sp³-hybridized carbons (Fsp3) is 0.200. The second-order valence-electron chi connectivity index (χ2n) is 3.54. The van der Waals surface area contributed by atoms with Crippen molar-refractivity contribution in [3.8, 4) is 0 Å². The van der Waals surface area contributed by atoms with Crippen LogP contribution in [-0.4, -0.2) is 26.3 Å². The van der Waals surface area contributed by atoms with Gasteiger partial charge in [0.15, 0.2) is 4.34 Å². The summed E-state index contributed by atoms with van der Waals surface area (Å²) in [5, 5.41) is 16.8. The van der Waals surface area contributed by atoms with Crippen LogP contribution in [0.15, 0.2) is 21.5 Å². The lowest BCUT2D eigenvalue weighted by Crippen LogP contribution is -2.11. The number of aromatic nitrogens is 3. The molecule has 2 aromatic heterocycles. The largest absolute Gasteiger partial charge is 0.478 e. The van der Waals surface area contributed by atoms with Gasteiger partial charge in [0, 0.05) is 0 Å². The third kappa shape index (κ3) is 3.25. The number of rotatable bonds is 3. The van der Waals surface area contributed by atoms with Crippen molar-refractivity contribution in [1.29, 1.82) is 0 Å². The Morgan fingerprint density at radius 1 is 1.35 bits per heavy atom. The molecule has 0 aliphatic carbocycles. The number of pyridine rings is 1. The molecule has 0 aromatic carbocycles. The first-order chi connectivity index (χ1) is 9.27. The van der Waals surface area contributed by atoms with Crippen LogP contribution in [0.2, 0.25) is 0 Å². The SMILES string of the molecule is Cc1nnc(Sc2nc(C(F)(F)F)ccc2C(=O)O)s1. The monoisotopic (exact) mass is 321 g/mol. The Bertz CT molecular complexity index is 657. The van der Waals surface area contributed by atoms with E-state index in [2.05, 4.69) is 15.2 Å². The zero-order valence-electron chi connectivity index (χ0n) is 9.80. The standard InChI is InChI=1S/C10H6F3N3O2S2/c1-4-15-16-9(19-4)20-7-5(8(17)18)2-3-6(14-7)10(11,12)13/h2-3H,1H3,(H,17,18). The van der Waals surface area contributed by atoms with Crippen LogP contribution in [-0.2, 0) is 6.18 Å². The highest BCUT2D eigenvalue weighted by atomic mass is 32.2. The van der Waals surface area contributed by atoms with Gasteiger partial charge < -0.3 is 5.11 Å². The number of aromatic carboxylic acids is 1. The molecule has 0 atom stereocenters. The van der Waals surface area contributed by atoms with Gasteiger partial charge in [0.05, 0.1) is 5.56 Å². The van der Waals surface area contributed by atoms with Crippen molar-refractivity contribution in [2.24, 2.45) is 0 Å². The molecule has 0 fully saturated rings. The number of halogens is 3. The molecule has 0 saturated heterocycles. The summed E-state index contributed by atoms with van der Waals surface area (Å²) >= 11 is 1.89. The number of nitrogens with zero attached hydrogens (tertiary/aromatic N) is 3. The fourth-order valence-electron chi connectivity index (χ4n) is 1.24. The number of alkyl halides is 3. The Labute approximate surface area is 118 Å². The minimum absolute atomic E-state index is 0.261. The molecule has 106 valence electrons. The topological polar surface area (TPSA) is 76.0 Å². The first-order valence-electron chi connectivity index (χ1n) is 5.07. The second kappa shape index (κ2) is 5.37. The minimum Gasteiger partial charge on any atom is -0.478 e. The van der Waals surface area contributed by atoms with Crippen LogP contribution in [0.4, 0.5) is 13.2 Å². The molecular formula is C10H6F3N3O2S2. The van der Waals surface area contributed by atoms with Gasteiger partial charge in [0.1, 0.15) is 15.7 Å². The van der Waals surface area contributed by atoms with Crippen molar-refractivity contribution in [2.75, 3.05) is 0 Å². The van der Waals surface area contributed by atoms with E-state index < -0.39 is 17.8 Å². The van der Waals surface area contributed by atoms with Crippen molar-refractivity contribution < 1.29 is 23.1 Å². The summed E-state index contributed by atoms with van der Waals surface area (Å²) in [5.74, 6) is -1.35. The van der Waals surface area contributed by atoms with Crippen LogP contribution in [0, 0.1) is 6.92 Å². The molecule has 1 N–H and O–H groups in total. The van der Waals surface area contributed by atoms with Crippen LogP contribution < -0.4 is 0 Å². The molecule has 20 heavy (non-hydrogen) atoms. The third-order valence-corrected chi connectivity index (χ3v) is 3.97. The first-order valence-corrected chi connectivity index (χ1v) is 6.70. The highest BCUT2D eigenvalue weighted by Gasteiger charge is 2.33. The van der Waals surface area contributed by atoms with Gasteiger partial charge in [-0.05, 0) is 30.8 Å². The molecule has 0 aliphatic rings. The average Bonchev–Trinajstić information content (AvgIpc) is 2.73. The molecule has 0 amide bonds. The van der Waals surface area contributed by atoms with Crippen molar-refractivity contribution in [2.45, 2.75) is 22.5 Å². The predicted molar refractivity (Wildman–Crippen MR) is 65.0 cm³/mol. The maximum atomic E-state index is 12.6. The van der Waals surface area contributed by atoms with Crippen LogP contribution in [0.25, 0.3) is 0 Å². The molecule has 2 rings (SSSR count). The summed E-state index contributed by atoms with van der Waals surface area (Å²) in [5.41, 5.74) is -1.46. The smallest absolute Gasteiger partial charge is 0.433 e. The molecule has 0 aliphatic heterocycles. The number of carbonyl (C=O) groups is 1. The fourth-order valence-corrected chi connectivity index (χ4v) is 3.08. The molecular weight excluding hydrogens is 315 g/mol. The molecule has 0 spiro atoms. The summed E-state index contributed by atoms with van der Waals surface area (Å²) in [6, 6.07) is 1.52. The van der Waals surface area contributed by atoms with E-state index in [0.717, 1.165) is 29.2 Å². The van der Waals surface area contributed by atoms with Gasteiger partial charge in [-0.15, -0.1) is 10.2 Å². The van der Waals surface area contributed by atoms with E-state index in [-0.39, 0.29) is 10.6 Å². The number of carboxylic acids is 1. The number of aryl methyl sites for hydroxylation is 1.